The molecule has 1 atom stereocenters. The molecule has 0 spiro atoms. The van der Waals surface area contributed by atoms with Crippen LogP contribution < -0.4 is 4.74 Å². The van der Waals surface area contributed by atoms with Crippen LogP contribution >= 0.6 is 0 Å². The molecule has 2 aromatic carbocycles. The molecule has 34 heavy (non-hydrogen) atoms. The lowest BCUT2D eigenvalue weighted by atomic mass is 10.1. The molecule has 1 aromatic heterocycles. The fraction of sp³-hybridized carbons (Fsp3) is 0.360. The van der Waals surface area contributed by atoms with Crippen LogP contribution in [0.15, 0.2) is 54.6 Å². The zero-order valence-electron chi connectivity index (χ0n) is 19.1. The molecule has 0 radical (unpaired) electrons. The van der Waals surface area contributed by atoms with Crippen LogP contribution in [0.3, 0.4) is 0 Å². The second kappa shape index (κ2) is 9.64. The molecule has 2 aliphatic heterocycles. The van der Waals surface area contributed by atoms with Crippen molar-refractivity contribution in [2.45, 2.75) is 25.7 Å². The van der Waals surface area contributed by atoms with Crippen molar-refractivity contribution in [3.05, 3.63) is 77.1 Å². The largest absolute Gasteiger partial charge is 0.497 e. The van der Waals surface area contributed by atoms with Crippen LogP contribution in [0.1, 0.15) is 33.4 Å². The Morgan fingerprint density at radius 2 is 1.79 bits per heavy atom. The Balaban J connectivity index is 1.18. The molecule has 176 valence electrons. The molecule has 3 heterocycles. The van der Waals surface area contributed by atoms with Gasteiger partial charge in [0.1, 0.15) is 11.9 Å². The number of amides is 2. The predicted octanol–water partition coefficient (Wildman–Crippen LogP) is 2.09. The Kier molecular flexibility index (Phi) is 6.27. The number of piperazine rings is 1. The van der Waals surface area contributed by atoms with Gasteiger partial charge in [-0.25, -0.2) is 4.68 Å². The summed E-state index contributed by atoms with van der Waals surface area (Å²) in [5.74, 6) is 0.612. The Morgan fingerprint density at radius 1 is 1.03 bits per heavy atom. The van der Waals surface area contributed by atoms with Crippen molar-refractivity contribution < 1.29 is 19.1 Å². The smallest absolute Gasteiger partial charge is 0.276 e. The van der Waals surface area contributed by atoms with Crippen molar-refractivity contribution in [2.75, 3.05) is 33.3 Å². The zero-order valence-corrected chi connectivity index (χ0v) is 19.1. The number of carbonyl (C=O) groups is 2. The maximum Gasteiger partial charge on any atom is 0.276 e. The topological polar surface area (TPSA) is 89.8 Å². The van der Waals surface area contributed by atoms with E-state index in [2.05, 4.69) is 10.3 Å². The Bertz CT molecular complexity index is 1170. The second-order valence-electron chi connectivity index (χ2n) is 8.48. The van der Waals surface area contributed by atoms with Crippen LogP contribution in [0.4, 0.5) is 0 Å². The highest BCUT2D eigenvalue weighted by molar-refractivity contribution is 5.93. The minimum atomic E-state index is -0.164. The van der Waals surface area contributed by atoms with Crippen molar-refractivity contribution in [3.63, 3.8) is 0 Å². The van der Waals surface area contributed by atoms with Gasteiger partial charge in [0.2, 0.25) is 5.91 Å². The molecule has 9 nitrogen and oxygen atoms in total. The third kappa shape index (κ3) is 4.51. The normalized spacial score (nSPS) is 17.9. The van der Waals surface area contributed by atoms with Crippen molar-refractivity contribution >= 4 is 11.8 Å². The molecule has 0 bridgehead atoms. The van der Waals surface area contributed by atoms with Gasteiger partial charge >= 0.3 is 0 Å². The lowest BCUT2D eigenvalue weighted by molar-refractivity contribution is -0.131. The number of rotatable bonds is 5. The van der Waals surface area contributed by atoms with E-state index in [0.717, 1.165) is 16.9 Å². The molecular formula is C25H27N5O4. The molecule has 1 fully saturated rings. The SMILES string of the molecule is COc1cccc(CC(=O)N2CCN(C(=O)c3nnn4c3COC(c3ccccc3)C4)CC2)c1. The van der Waals surface area contributed by atoms with Gasteiger partial charge in [-0.3, -0.25) is 9.59 Å². The average molecular weight is 462 g/mol. The van der Waals surface area contributed by atoms with Gasteiger partial charge in [-0.15, -0.1) is 5.10 Å². The maximum absolute atomic E-state index is 13.2. The lowest BCUT2D eigenvalue weighted by Crippen LogP contribution is -2.51. The first-order valence-electron chi connectivity index (χ1n) is 11.4. The number of methoxy groups -OCH3 is 1. The molecule has 0 aliphatic carbocycles. The first-order valence-corrected chi connectivity index (χ1v) is 11.4. The van der Waals surface area contributed by atoms with E-state index in [-0.39, 0.29) is 24.5 Å². The van der Waals surface area contributed by atoms with Crippen molar-refractivity contribution in [2.24, 2.45) is 0 Å². The number of hydrogen-bond acceptors (Lipinski definition) is 6. The second-order valence-corrected chi connectivity index (χ2v) is 8.48. The standard InChI is InChI=1S/C25H27N5O4/c1-33-20-9-5-6-18(14-20)15-23(31)28-10-12-29(13-11-28)25(32)24-21-17-34-22(16-30(21)27-26-24)19-7-3-2-4-8-19/h2-9,14,22H,10-13,15-17H2,1H3. The summed E-state index contributed by atoms with van der Waals surface area (Å²) in [6.07, 6.45) is 0.196. The van der Waals surface area contributed by atoms with Gasteiger partial charge in [-0.1, -0.05) is 47.7 Å². The van der Waals surface area contributed by atoms with E-state index < -0.39 is 0 Å². The number of hydrogen-bond donors (Lipinski definition) is 0. The summed E-state index contributed by atoms with van der Waals surface area (Å²) >= 11 is 0. The Morgan fingerprint density at radius 3 is 2.56 bits per heavy atom. The van der Waals surface area contributed by atoms with Gasteiger partial charge in [-0.05, 0) is 23.3 Å². The predicted molar refractivity (Wildman–Crippen MR) is 123 cm³/mol. The average Bonchev–Trinajstić information content (AvgIpc) is 3.32. The molecule has 2 aliphatic rings. The summed E-state index contributed by atoms with van der Waals surface area (Å²) in [5, 5.41) is 8.39. The fourth-order valence-corrected chi connectivity index (χ4v) is 4.42. The maximum atomic E-state index is 13.2. The highest BCUT2D eigenvalue weighted by atomic mass is 16.5. The van der Waals surface area contributed by atoms with E-state index >= 15 is 0 Å². The van der Waals surface area contributed by atoms with Crippen LogP contribution in [0.5, 0.6) is 5.75 Å². The molecule has 9 heteroatoms. The first-order chi connectivity index (χ1) is 16.6. The number of ether oxygens (including phenoxy) is 2. The number of benzene rings is 2. The van der Waals surface area contributed by atoms with Crippen LogP contribution in [0.25, 0.3) is 0 Å². The summed E-state index contributed by atoms with van der Waals surface area (Å²) in [4.78, 5) is 29.5. The van der Waals surface area contributed by atoms with Crippen LogP contribution in [0, 0.1) is 0 Å². The summed E-state index contributed by atoms with van der Waals surface area (Å²) in [6, 6.07) is 17.5. The van der Waals surface area contributed by atoms with Crippen molar-refractivity contribution in [1.82, 2.24) is 24.8 Å². The summed E-state index contributed by atoms with van der Waals surface area (Å²) < 4.78 is 13.0. The van der Waals surface area contributed by atoms with E-state index in [1.807, 2.05) is 54.6 Å². The zero-order chi connectivity index (χ0) is 23.5. The van der Waals surface area contributed by atoms with Gasteiger partial charge in [0, 0.05) is 26.2 Å². The highest BCUT2D eigenvalue weighted by Crippen LogP contribution is 2.27. The van der Waals surface area contributed by atoms with Crippen LogP contribution in [-0.2, 0) is 29.1 Å². The highest BCUT2D eigenvalue weighted by Gasteiger charge is 2.32. The van der Waals surface area contributed by atoms with Gasteiger partial charge in [0.05, 0.1) is 32.4 Å². The monoisotopic (exact) mass is 461 g/mol. The molecular weight excluding hydrogens is 434 g/mol. The van der Waals surface area contributed by atoms with E-state index in [1.165, 1.54) is 0 Å². The first kappa shape index (κ1) is 22.1. The van der Waals surface area contributed by atoms with E-state index in [0.29, 0.717) is 50.5 Å². The molecule has 5 rings (SSSR count). The summed E-state index contributed by atoms with van der Waals surface area (Å²) in [7, 11) is 1.61. The van der Waals surface area contributed by atoms with Crippen LogP contribution in [0.2, 0.25) is 0 Å². The molecule has 3 aromatic rings. The third-order valence-corrected chi connectivity index (χ3v) is 6.38. The minimum Gasteiger partial charge on any atom is -0.497 e. The van der Waals surface area contributed by atoms with Crippen LogP contribution in [-0.4, -0.2) is 69.9 Å². The molecule has 0 saturated carbocycles. The molecule has 1 unspecified atom stereocenters. The van der Waals surface area contributed by atoms with E-state index in [1.54, 1.807) is 21.6 Å². The van der Waals surface area contributed by atoms with Crippen molar-refractivity contribution in [3.8, 4) is 5.75 Å². The number of aromatic nitrogens is 3. The molecule has 2 amide bonds. The van der Waals surface area contributed by atoms with Crippen molar-refractivity contribution in [1.29, 1.82) is 0 Å². The Hall–Kier alpha value is -3.72. The third-order valence-electron chi connectivity index (χ3n) is 6.38. The quantitative estimate of drug-likeness (QED) is 0.578. The number of fused-ring (bicyclic) bond motifs is 1. The number of carbonyl (C=O) groups excluding carboxylic acids is 2. The minimum absolute atomic E-state index is 0.0433. The number of nitrogens with zero attached hydrogens (tertiary/aromatic N) is 5. The van der Waals surface area contributed by atoms with Gasteiger partial charge < -0.3 is 19.3 Å². The van der Waals surface area contributed by atoms with Gasteiger partial charge in [-0.2, -0.15) is 0 Å². The van der Waals surface area contributed by atoms with E-state index in [9.17, 15) is 9.59 Å². The van der Waals surface area contributed by atoms with Gasteiger partial charge in [0.25, 0.3) is 5.91 Å². The lowest BCUT2D eigenvalue weighted by Gasteiger charge is -2.34. The molecule has 1 saturated heterocycles. The van der Waals surface area contributed by atoms with Gasteiger partial charge in [0.15, 0.2) is 5.69 Å². The fourth-order valence-electron chi connectivity index (χ4n) is 4.42. The molecule has 0 N–H and O–H groups in total. The van der Waals surface area contributed by atoms with E-state index in [4.69, 9.17) is 9.47 Å². The summed E-state index contributed by atoms with van der Waals surface area (Å²) in [6.45, 7) is 2.71. The summed E-state index contributed by atoms with van der Waals surface area (Å²) in [5.41, 5.74) is 3.02. The Labute approximate surface area is 197 Å².